The van der Waals surface area contributed by atoms with Crippen LogP contribution in [0.5, 0.6) is 0 Å². The Kier molecular flexibility index (Phi) is 14.0. The quantitative estimate of drug-likeness (QED) is 0.466. The summed E-state index contributed by atoms with van der Waals surface area (Å²) in [7, 11) is 0. The van der Waals surface area contributed by atoms with Crippen molar-refractivity contribution in [3.05, 3.63) is 0 Å². The second kappa shape index (κ2) is 10.4. The van der Waals surface area contributed by atoms with Crippen molar-refractivity contribution in [3.8, 4) is 0 Å². The molecule has 80 valence electrons. The molecular weight excluding hydrogens is 286 g/mol. The fourth-order valence-corrected chi connectivity index (χ4v) is 0.889. The van der Waals surface area contributed by atoms with Gasteiger partial charge in [-0.1, -0.05) is 0 Å². The maximum Gasteiger partial charge on any atom is 1.21 e. The third-order valence-corrected chi connectivity index (χ3v) is 1.75. The Morgan fingerprint density at radius 2 is 1.67 bits per heavy atom. The summed E-state index contributed by atoms with van der Waals surface area (Å²) in [5.41, 5.74) is 0. The zero-order valence-corrected chi connectivity index (χ0v) is 11.4. The van der Waals surface area contributed by atoms with Gasteiger partial charge in [0, 0.05) is 17.1 Å². The molecular formula is C3HAlFeNaO9-. The molecule has 0 amide bonds. The minimum absolute atomic E-state index is 0. The predicted molar refractivity (Wildman–Crippen MR) is 27.8 cm³/mol. The fourth-order valence-electron chi connectivity index (χ4n) is 0.296. The van der Waals surface area contributed by atoms with Crippen molar-refractivity contribution in [3.63, 3.8) is 0 Å². The molecule has 9 nitrogen and oxygen atoms in total. The average molecular weight is 287 g/mol. The summed E-state index contributed by atoms with van der Waals surface area (Å²) >= 11 is -2.57. The summed E-state index contributed by atoms with van der Waals surface area (Å²) < 4.78 is 12.2. The Labute approximate surface area is 120 Å². The molecule has 1 fully saturated rings. The molecule has 0 unspecified atom stereocenters. The topological polar surface area (TPSA) is 145 Å². The van der Waals surface area contributed by atoms with Crippen molar-refractivity contribution >= 4 is 33.6 Å². The van der Waals surface area contributed by atoms with Gasteiger partial charge in [-0.25, -0.2) is 9.59 Å². The van der Waals surface area contributed by atoms with E-state index in [0.29, 0.717) is 0 Å². The van der Waals surface area contributed by atoms with E-state index in [4.69, 9.17) is 20.1 Å². The first-order valence-electron chi connectivity index (χ1n) is 2.56. The molecule has 1 rings (SSSR count). The molecule has 15 heavy (non-hydrogen) atoms. The van der Waals surface area contributed by atoms with Gasteiger partial charge in [0.2, 0.25) is 0 Å². The van der Waals surface area contributed by atoms with E-state index in [0.717, 1.165) is 0 Å². The van der Waals surface area contributed by atoms with E-state index in [1.807, 2.05) is 0 Å². The van der Waals surface area contributed by atoms with E-state index >= 15 is 0 Å². The van der Waals surface area contributed by atoms with Crippen LogP contribution in [-0.2, 0) is 28.4 Å². The molecule has 0 saturated carbocycles. The molecule has 1 N–H and O–H groups in total. The van der Waals surface area contributed by atoms with Crippen molar-refractivity contribution in [2.24, 2.45) is 0 Å². The van der Waals surface area contributed by atoms with Crippen molar-refractivity contribution in [1.82, 2.24) is 0 Å². The molecule has 0 atom stereocenters. The molecule has 0 aromatic heterocycles. The largest absolute Gasteiger partial charge is 1.21 e. The fraction of sp³-hybridized carbons (Fsp3) is 0. The van der Waals surface area contributed by atoms with Crippen LogP contribution in [0.2, 0.25) is 0 Å². The monoisotopic (exact) mass is 287 g/mol. The van der Waals surface area contributed by atoms with Gasteiger partial charge < -0.3 is 31.5 Å². The van der Waals surface area contributed by atoms with Crippen LogP contribution >= 0.6 is 0 Å². The Bertz CT molecular complexity index is 221. The minimum Gasteiger partial charge on any atom is -0.652 e. The Balaban J connectivity index is -0.000000213. The van der Waals surface area contributed by atoms with Gasteiger partial charge in [0.05, 0.1) is 0 Å². The van der Waals surface area contributed by atoms with Crippen molar-refractivity contribution in [2.45, 2.75) is 0 Å². The van der Waals surface area contributed by atoms with Crippen LogP contribution in [0.3, 0.4) is 0 Å². The number of carbonyl (C=O) groups is 3. The summed E-state index contributed by atoms with van der Waals surface area (Å²) in [5.74, 6) is 0. The Hall–Kier alpha value is -0.138. The first-order chi connectivity index (χ1) is 5.91. The Morgan fingerprint density at radius 3 is 1.87 bits per heavy atom. The van der Waals surface area contributed by atoms with E-state index < -0.39 is 33.6 Å². The summed E-state index contributed by atoms with van der Waals surface area (Å²) in [6, 6.07) is 0. The molecule has 0 spiro atoms. The summed E-state index contributed by atoms with van der Waals surface area (Å²) in [4.78, 5) is 27.8. The zero-order chi connectivity index (χ0) is 10.4. The number of carbonyl (C=O) groups excluding carboxylic acids is 2. The summed E-state index contributed by atoms with van der Waals surface area (Å²) in [6.45, 7) is 0. The SMILES string of the molecule is O=C(O)[O][Al]1[O]C(=O)[O]1.O=C([O-])[O-].[Fe].[Na+]. The molecule has 0 aromatic carbocycles. The normalized spacial score (nSPS) is 10.7. The molecule has 0 aromatic rings. The minimum atomic E-state index is -2.57. The van der Waals surface area contributed by atoms with Gasteiger partial charge >= 0.3 is 57.0 Å². The van der Waals surface area contributed by atoms with E-state index in [-0.39, 0.29) is 46.6 Å². The van der Waals surface area contributed by atoms with Gasteiger partial charge in [-0.3, -0.25) is 0 Å². The third kappa shape index (κ3) is 13.9. The first kappa shape index (κ1) is 20.3. The van der Waals surface area contributed by atoms with Crippen LogP contribution < -0.4 is 39.8 Å². The maximum absolute atomic E-state index is 9.81. The molecule has 1 saturated heterocycles. The molecule has 0 radical (unpaired) electrons. The first-order valence-corrected chi connectivity index (χ1v) is 3.98. The predicted octanol–water partition coefficient (Wildman–Crippen LogP) is -5.61. The van der Waals surface area contributed by atoms with Gasteiger partial charge in [0.15, 0.2) is 0 Å². The summed E-state index contributed by atoms with van der Waals surface area (Å²) in [6.07, 6.45) is -4.69. The van der Waals surface area contributed by atoms with Crippen molar-refractivity contribution in [1.29, 1.82) is 0 Å². The van der Waals surface area contributed by atoms with Crippen LogP contribution in [-0.4, -0.2) is 38.7 Å². The number of rotatable bonds is 1. The van der Waals surface area contributed by atoms with E-state index in [1.165, 1.54) is 0 Å². The Morgan fingerprint density at radius 1 is 1.33 bits per heavy atom. The van der Waals surface area contributed by atoms with Crippen LogP contribution in [0.15, 0.2) is 0 Å². The molecule has 0 bridgehead atoms. The van der Waals surface area contributed by atoms with Gasteiger partial charge in [-0.05, 0) is 6.16 Å². The average Bonchev–Trinajstić information content (AvgIpc) is 1.81. The van der Waals surface area contributed by atoms with Crippen molar-refractivity contribution in [2.75, 3.05) is 0 Å². The van der Waals surface area contributed by atoms with Gasteiger partial charge in [-0.2, -0.15) is 0 Å². The molecule has 12 heteroatoms. The third-order valence-electron chi connectivity index (χ3n) is 0.582. The van der Waals surface area contributed by atoms with E-state index in [2.05, 4.69) is 11.4 Å². The molecule has 1 aliphatic heterocycles. The number of carboxylic acid groups (broad SMARTS) is 3. The molecule has 1 aliphatic rings. The van der Waals surface area contributed by atoms with E-state index in [9.17, 15) is 9.59 Å². The second-order valence-electron chi connectivity index (χ2n) is 1.41. The van der Waals surface area contributed by atoms with Crippen LogP contribution in [0.4, 0.5) is 14.4 Å². The van der Waals surface area contributed by atoms with Crippen LogP contribution in [0, 0.1) is 0 Å². The van der Waals surface area contributed by atoms with Crippen LogP contribution in [0.25, 0.3) is 0 Å². The summed E-state index contributed by atoms with van der Waals surface area (Å²) in [5, 5.41) is 24.5. The maximum atomic E-state index is 9.81. The van der Waals surface area contributed by atoms with Crippen molar-refractivity contribution < 1.29 is 87.7 Å². The smallest absolute Gasteiger partial charge is 0.652 e. The van der Waals surface area contributed by atoms with Gasteiger partial charge in [-0.15, -0.1) is 0 Å². The van der Waals surface area contributed by atoms with E-state index in [1.54, 1.807) is 0 Å². The number of hydrogen-bond donors (Lipinski definition) is 1. The zero-order valence-electron chi connectivity index (χ0n) is 7.14. The van der Waals surface area contributed by atoms with Gasteiger partial charge in [0.1, 0.15) is 0 Å². The molecule has 1 heterocycles. The number of hydrogen-bond acceptors (Lipinski definition) is 8. The van der Waals surface area contributed by atoms with Gasteiger partial charge in [0.25, 0.3) is 0 Å². The second-order valence-corrected chi connectivity index (χ2v) is 2.69. The molecule has 0 aliphatic carbocycles. The standard InChI is InChI=1S/3CH2O3.Al.Fe.Na/c3*2-1(3)4;;;/h3*(H2,2,3,4);;;/q;;;+3;;+1/p-5. The van der Waals surface area contributed by atoms with Crippen LogP contribution in [0.1, 0.15) is 0 Å².